The summed E-state index contributed by atoms with van der Waals surface area (Å²) in [7, 11) is 0. The van der Waals surface area contributed by atoms with Gasteiger partial charge in [0.2, 0.25) is 0 Å². The Balaban J connectivity index is 2.58. The van der Waals surface area contributed by atoms with Crippen molar-refractivity contribution in [3.8, 4) is 0 Å². The standard InChI is InChI=1S/C17H35N/c1-7-10-18-16(12-17(4,5)6)15-9-8-13(2)14(3)11-15/h13-16,18H,7-12H2,1-6H3. The van der Waals surface area contributed by atoms with Crippen LogP contribution in [0.1, 0.15) is 73.6 Å². The van der Waals surface area contributed by atoms with Gasteiger partial charge in [0.1, 0.15) is 0 Å². The minimum absolute atomic E-state index is 0.442. The molecule has 0 bridgehead atoms. The molecule has 0 amide bonds. The van der Waals surface area contributed by atoms with E-state index in [0.717, 1.165) is 23.8 Å². The summed E-state index contributed by atoms with van der Waals surface area (Å²) in [5, 5.41) is 3.83. The van der Waals surface area contributed by atoms with E-state index in [1.54, 1.807) is 0 Å². The smallest absolute Gasteiger partial charge is 0.0100 e. The van der Waals surface area contributed by atoms with Crippen molar-refractivity contribution in [3.63, 3.8) is 0 Å². The zero-order valence-electron chi connectivity index (χ0n) is 13.6. The first-order valence-electron chi connectivity index (χ1n) is 8.07. The quantitative estimate of drug-likeness (QED) is 0.737. The average Bonchev–Trinajstić information content (AvgIpc) is 2.26. The SMILES string of the molecule is CCCNC(CC(C)(C)C)C1CCC(C)C(C)C1. The molecule has 0 radical (unpaired) electrons. The Morgan fingerprint density at radius 2 is 1.78 bits per heavy atom. The minimum Gasteiger partial charge on any atom is -0.314 e. The molecule has 0 aromatic rings. The molecule has 1 aliphatic carbocycles. The van der Waals surface area contributed by atoms with Crippen LogP contribution in [0.15, 0.2) is 0 Å². The topological polar surface area (TPSA) is 12.0 Å². The van der Waals surface area contributed by atoms with E-state index in [2.05, 4.69) is 46.9 Å². The lowest BCUT2D eigenvalue weighted by molar-refractivity contribution is 0.145. The Morgan fingerprint density at radius 3 is 2.28 bits per heavy atom. The summed E-state index contributed by atoms with van der Waals surface area (Å²) in [6.07, 6.45) is 6.86. The first-order chi connectivity index (χ1) is 8.33. The van der Waals surface area contributed by atoms with Crippen LogP contribution in [0, 0.1) is 23.2 Å². The van der Waals surface area contributed by atoms with E-state index >= 15 is 0 Å². The zero-order valence-corrected chi connectivity index (χ0v) is 13.6. The van der Waals surface area contributed by atoms with Crippen LogP contribution in [-0.2, 0) is 0 Å². The number of hydrogen-bond donors (Lipinski definition) is 1. The van der Waals surface area contributed by atoms with Crippen molar-refractivity contribution < 1.29 is 0 Å². The largest absolute Gasteiger partial charge is 0.314 e. The fourth-order valence-electron chi connectivity index (χ4n) is 3.35. The van der Waals surface area contributed by atoms with E-state index in [4.69, 9.17) is 0 Å². The summed E-state index contributed by atoms with van der Waals surface area (Å²) in [4.78, 5) is 0. The zero-order chi connectivity index (χ0) is 13.8. The Bertz CT molecular complexity index is 228. The van der Waals surface area contributed by atoms with Gasteiger partial charge in [0.25, 0.3) is 0 Å². The van der Waals surface area contributed by atoms with Crippen LogP contribution in [-0.4, -0.2) is 12.6 Å². The van der Waals surface area contributed by atoms with Crippen molar-refractivity contribution in [1.29, 1.82) is 0 Å². The van der Waals surface area contributed by atoms with Crippen LogP contribution in [0.4, 0.5) is 0 Å². The fraction of sp³-hybridized carbons (Fsp3) is 1.00. The monoisotopic (exact) mass is 253 g/mol. The fourth-order valence-corrected chi connectivity index (χ4v) is 3.35. The molecule has 1 heteroatoms. The van der Waals surface area contributed by atoms with Crippen molar-refractivity contribution >= 4 is 0 Å². The van der Waals surface area contributed by atoms with Crippen molar-refractivity contribution in [2.75, 3.05) is 6.54 Å². The van der Waals surface area contributed by atoms with Crippen molar-refractivity contribution in [1.82, 2.24) is 5.32 Å². The summed E-state index contributed by atoms with van der Waals surface area (Å²) >= 11 is 0. The highest BCUT2D eigenvalue weighted by Gasteiger charge is 2.31. The summed E-state index contributed by atoms with van der Waals surface area (Å²) in [5.74, 6) is 2.75. The van der Waals surface area contributed by atoms with E-state index in [1.165, 1.54) is 38.6 Å². The van der Waals surface area contributed by atoms with Crippen molar-refractivity contribution in [3.05, 3.63) is 0 Å². The maximum Gasteiger partial charge on any atom is 0.0100 e. The minimum atomic E-state index is 0.442. The summed E-state index contributed by atoms with van der Waals surface area (Å²) in [6.45, 7) is 15.5. The molecule has 108 valence electrons. The molecule has 1 nitrogen and oxygen atoms in total. The van der Waals surface area contributed by atoms with Gasteiger partial charge in [-0.25, -0.2) is 0 Å². The van der Waals surface area contributed by atoms with Crippen LogP contribution in [0.2, 0.25) is 0 Å². The van der Waals surface area contributed by atoms with Gasteiger partial charge in [-0.05, 0) is 55.4 Å². The highest BCUT2D eigenvalue weighted by Crippen LogP contribution is 2.37. The predicted molar refractivity (Wildman–Crippen MR) is 81.8 cm³/mol. The number of rotatable bonds is 5. The molecule has 1 saturated carbocycles. The molecule has 4 atom stereocenters. The van der Waals surface area contributed by atoms with E-state index in [1.807, 2.05) is 0 Å². The lowest BCUT2D eigenvalue weighted by Crippen LogP contribution is -2.42. The van der Waals surface area contributed by atoms with E-state index in [0.29, 0.717) is 5.41 Å². The molecule has 18 heavy (non-hydrogen) atoms. The Kier molecular flexibility index (Phi) is 6.17. The molecule has 0 aliphatic heterocycles. The second kappa shape index (κ2) is 6.93. The Labute approximate surface area is 115 Å². The molecule has 0 aromatic heterocycles. The molecule has 0 spiro atoms. The Morgan fingerprint density at radius 1 is 1.11 bits per heavy atom. The summed E-state index contributed by atoms with van der Waals surface area (Å²) in [5.41, 5.74) is 0.442. The molecule has 1 N–H and O–H groups in total. The molecule has 1 rings (SSSR count). The van der Waals surface area contributed by atoms with Gasteiger partial charge in [0.15, 0.2) is 0 Å². The van der Waals surface area contributed by atoms with Crippen molar-refractivity contribution in [2.24, 2.45) is 23.2 Å². The summed E-state index contributed by atoms with van der Waals surface area (Å²) in [6, 6.07) is 0.736. The molecule has 1 aliphatic rings. The maximum atomic E-state index is 3.83. The Hall–Kier alpha value is -0.0400. The first-order valence-corrected chi connectivity index (χ1v) is 8.07. The highest BCUT2D eigenvalue weighted by molar-refractivity contribution is 4.86. The lowest BCUT2D eigenvalue weighted by Gasteiger charge is -2.39. The molecule has 0 aromatic carbocycles. The second-order valence-electron chi connectivity index (χ2n) is 7.85. The molecule has 1 fully saturated rings. The average molecular weight is 253 g/mol. The number of nitrogens with one attached hydrogen (secondary N) is 1. The van der Waals surface area contributed by atoms with Gasteiger partial charge < -0.3 is 5.32 Å². The molecule has 4 unspecified atom stereocenters. The summed E-state index contributed by atoms with van der Waals surface area (Å²) < 4.78 is 0. The first kappa shape index (κ1) is 16.0. The molecular weight excluding hydrogens is 218 g/mol. The maximum absolute atomic E-state index is 3.83. The third-order valence-electron chi connectivity index (χ3n) is 4.70. The van der Waals surface area contributed by atoms with Gasteiger partial charge in [-0.15, -0.1) is 0 Å². The van der Waals surface area contributed by atoms with E-state index < -0.39 is 0 Å². The van der Waals surface area contributed by atoms with Gasteiger partial charge in [-0.3, -0.25) is 0 Å². The van der Waals surface area contributed by atoms with Crippen LogP contribution < -0.4 is 5.32 Å². The van der Waals surface area contributed by atoms with Gasteiger partial charge in [-0.2, -0.15) is 0 Å². The lowest BCUT2D eigenvalue weighted by atomic mass is 9.70. The van der Waals surface area contributed by atoms with Crippen LogP contribution in [0.5, 0.6) is 0 Å². The highest BCUT2D eigenvalue weighted by atomic mass is 14.9. The molecule has 0 saturated heterocycles. The number of hydrogen-bond acceptors (Lipinski definition) is 1. The van der Waals surface area contributed by atoms with Crippen LogP contribution in [0.3, 0.4) is 0 Å². The third kappa shape index (κ3) is 5.30. The van der Waals surface area contributed by atoms with E-state index in [9.17, 15) is 0 Å². The third-order valence-corrected chi connectivity index (χ3v) is 4.70. The van der Waals surface area contributed by atoms with Gasteiger partial charge in [0.05, 0.1) is 0 Å². The predicted octanol–water partition coefficient (Wildman–Crippen LogP) is 4.86. The molecule has 0 heterocycles. The molecular formula is C17H35N. The van der Waals surface area contributed by atoms with Gasteiger partial charge in [0, 0.05) is 6.04 Å². The second-order valence-corrected chi connectivity index (χ2v) is 7.85. The normalized spacial score (nSPS) is 31.3. The van der Waals surface area contributed by atoms with Gasteiger partial charge >= 0.3 is 0 Å². The van der Waals surface area contributed by atoms with Crippen LogP contribution >= 0.6 is 0 Å². The van der Waals surface area contributed by atoms with Crippen molar-refractivity contribution in [2.45, 2.75) is 79.7 Å². The van der Waals surface area contributed by atoms with Gasteiger partial charge in [-0.1, -0.05) is 48.0 Å². The van der Waals surface area contributed by atoms with E-state index in [-0.39, 0.29) is 0 Å². The van der Waals surface area contributed by atoms with Crippen LogP contribution in [0.25, 0.3) is 0 Å².